The molecule has 0 aliphatic carbocycles. The van der Waals surface area contributed by atoms with Crippen molar-refractivity contribution >= 4 is 11.0 Å². The lowest BCUT2D eigenvalue weighted by molar-refractivity contribution is -0.0134. The number of nitrogens with one attached hydrogen (secondary N) is 1. The SMILES string of the molecule is CCC(c1nc2c(cnn2C(C)C)c(=O)[nH]1)N1CC(Oc2ccc(C)cc2)C1. The summed E-state index contributed by atoms with van der Waals surface area (Å²) in [5.41, 5.74) is 1.75. The highest BCUT2D eigenvalue weighted by Gasteiger charge is 2.35. The van der Waals surface area contributed by atoms with Gasteiger partial charge < -0.3 is 9.72 Å². The molecule has 0 bridgehead atoms. The fourth-order valence-corrected chi connectivity index (χ4v) is 3.72. The molecule has 1 saturated heterocycles. The van der Waals surface area contributed by atoms with Crippen LogP contribution in [0.25, 0.3) is 11.0 Å². The largest absolute Gasteiger partial charge is 0.488 e. The molecule has 148 valence electrons. The third-order valence-corrected chi connectivity index (χ3v) is 5.31. The average Bonchev–Trinajstić information content (AvgIpc) is 3.06. The number of hydrogen-bond donors (Lipinski definition) is 1. The summed E-state index contributed by atoms with van der Waals surface area (Å²) in [4.78, 5) is 22.6. The van der Waals surface area contributed by atoms with Crippen LogP contribution in [0.5, 0.6) is 5.75 Å². The molecule has 2 aromatic heterocycles. The van der Waals surface area contributed by atoms with Gasteiger partial charge in [0.05, 0.1) is 12.2 Å². The number of nitrogens with zero attached hydrogens (tertiary/aromatic N) is 4. The number of likely N-dealkylation sites (tertiary alicyclic amines) is 1. The first-order valence-electron chi connectivity index (χ1n) is 9.91. The molecule has 0 spiro atoms. The van der Waals surface area contributed by atoms with Crippen molar-refractivity contribution in [3.63, 3.8) is 0 Å². The Labute approximate surface area is 164 Å². The second-order valence-electron chi connectivity index (χ2n) is 7.80. The maximum Gasteiger partial charge on any atom is 0.262 e. The topological polar surface area (TPSA) is 76.0 Å². The van der Waals surface area contributed by atoms with Gasteiger partial charge in [0.15, 0.2) is 5.65 Å². The molecule has 7 heteroatoms. The molecule has 3 aromatic rings. The van der Waals surface area contributed by atoms with E-state index in [-0.39, 0.29) is 23.7 Å². The van der Waals surface area contributed by atoms with Crippen molar-refractivity contribution in [2.24, 2.45) is 0 Å². The summed E-state index contributed by atoms with van der Waals surface area (Å²) in [6.07, 6.45) is 2.62. The van der Waals surface area contributed by atoms with Crippen molar-refractivity contribution < 1.29 is 4.74 Å². The second kappa shape index (κ2) is 7.39. The van der Waals surface area contributed by atoms with E-state index >= 15 is 0 Å². The third kappa shape index (κ3) is 3.42. The predicted molar refractivity (Wildman–Crippen MR) is 109 cm³/mol. The first kappa shape index (κ1) is 18.7. The average molecular weight is 381 g/mol. The molecule has 1 unspecified atom stereocenters. The summed E-state index contributed by atoms with van der Waals surface area (Å²) in [6.45, 7) is 9.89. The molecule has 0 amide bonds. The molecule has 1 aliphatic rings. The number of aromatic nitrogens is 4. The van der Waals surface area contributed by atoms with E-state index in [4.69, 9.17) is 9.72 Å². The number of hydrogen-bond acceptors (Lipinski definition) is 5. The van der Waals surface area contributed by atoms with Crippen molar-refractivity contribution in [1.29, 1.82) is 0 Å². The van der Waals surface area contributed by atoms with Gasteiger partial charge in [0.1, 0.15) is 23.1 Å². The minimum atomic E-state index is -0.127. The molecule has 3 heterocycles. The van der Waals surface area contributed by atoms with Crippen LogP contribution < -0.4 is 10.3 Å². The van der Waals surface area contributed by atoms with Gasteiger partial charge in [-0.25, -0.2) is 9.67 Å². The summed E-state index contributed by atoms with van der Waals surface area (Å²) in [5, 5.41) is 4.86. The molecule has 0 radical (unpaired) electrons. The monoisotopic (exact) mass is 381 g/mol. The van der Waals surface area contributed by atoms with Crippen LogP contribution in [-0.2, 0) is 0 Å². The van der Waals surface area contributed by atoms with Crippen LogP contribution in [0.2, 0.25) is 0 Å². The lowest BCUT2D eigenvalue weighted by atomic mass is 10.0. The van der Waals surface area contributed by atoms with E-state index < -0.39 is 0 Å². The van der Waals surface area contributed by atoms with Crippen LogP contribution in [0.3, 0.4) is 0 Å². The highest BCUT2D eigenvalue weighted by Crippen LogP contribution is 2.29. The molecule has 1 aromatic carbocycles. The lowest BCUT2D eigenvalue weighted by Gasteiger charge is -2.43. The molecule has 1 N–H and O–H groups in total. The van der Waals surface area contributed by atoms with E-state index in [2.05, 4.69) is 41.0 Å². The van der Waals surface area contributed by atoms with Gasteiger partial charge in [-0.15, -0.1) is 0 Å². The van der Waals surface area contributed by atoms with Crippen molar-refractivity contribution in [3.05, 3.63) is 52.2 Å². The van der Waals surface area contributed by atoms with Crippen LogP contribution >= 0.6 is 0 Å². The number of fused-ring (bicyclic) bond motifs is 1. The summed E-state index contributed by atoms with van der Waals surface area (Å²) < 4.78 is 7.86. The van der Waals surface area contributed by atoms with Crippen molar-refractivity contribution in [1.82, 2.24) is 24.6 Å². The predicted octanol–water partition coefficient (Wildman–Crippen LogP) is 3.22. The van der Waals surface area contributed by atoms with Gasteiger partial charge in [-0.1, -0.05) is 24.6 Å². The van der Waals surface area contributed by atoms with Crippen LogP contribution in [-0.4, -0.2) is 43.8 Å². The van der Waals surface area contributed by atoms with E-state index in [1.807, 2.05) is 26.0 Å². The molecule has 4 rings (SSSR count). The molecular formula is C21H27N5O2. The summed E-state index contributed by atoms with van der Waals surface area (Å²) in [6, 6.07) is 8.34. The van der Waals surface area contributed by atoms with Crippen LogP contribution in [0.4, 0.5) is 0 Å². The normalized spacial score (nSPS) is 16.5. The number of aromatic amines is 1. The molecular weight excluding hydrogens is 354 g/mol. The molecule has 1 atom stereocenters. The molecule has 1 aliphatic heterocycles. The van der Waals surface area contributed by atoms with E-state index in [9.17, 15) is 4.79 Å². The number of benzene rings is 1. The summed E-state index contributed by atoms with van der Waals surface area (Å²) in [5.74, 6) is 1.60. The van der Waals surface area contributed by atoms with Crippen molar-refractivity contribution in [2.75, 3.05) is 13.1 Å². The Morgan fingerprint density at radius 1 is 1.25 bits per heavy atom. The van der Waals surface area contributed by atoms with Crippen LogP contribution in [0.15, 0.2) is 35.3 Å². The highest BCUT2D eigenvalue weighted by atomic mass is 16.5. The van der Waals surface area contributed by atoms with Gasteiger partial charge in [0.2, 0.25) is 0 Å². The first-order valence-corrected chi connectivity index (χ1v) is 9.91. The minimum absolute atomic E-state index is 0.0606. The fraction of sp³-hybridized carbons (Fsp3) is 0.476. The van der Waals surface area contributed by atoms with Gasteiger partial charge in [-0.3, -0.25) is 9.69 Å². The second-order valence-corrected chi connectivity index (χ2v) is 7.80. The molecule has 0 saturated carbocycles. The smallest absolute Gasteiger partial charge is 0.262 e. The Kier molecular flexibility index (Phi) is 4.93. The first-order chi connectivity index (χ1) is 13.5. The third-order valence-electron chi connectivity index (χ3n) is 5.31. The summed E-state index contributed by atoms with van der Waals surface area (Å²) in [7, 11) is 0. The van der Waals surface area contributed by atoms with Gasteiger partial charge in [0, 0.05) is 19.1 Å². The summed E-state index contributed by atoms with van der Waals surface area (Å²) >= 11 is 0. The Morgan fingerprint density at radius 2 is 1.96 bits per heavy atom. The number of aryl methyl sites for hydroxylation is 1. The van der Waals surface area contributed by atoms with E-state index in [1.165, 1.54) is 5.56 Å². The van der Waals surface area contributed by atoms with Crippen molar-refractivity contribution in [3.8, 4) is 5.75 Å². The molecule has 28 heavy (non-hydrogen) atoms. The zero-order valence-corrected chi connectivity index (χ0v) is 16.8. The van der Waals surface area contributed by atoms with Gasteiger partial charge in [-0.2, -0.15) is 5.10 Å². The zero-order valence-electron chi connectivity index (χ0n) is 16.8. The Hall–Kier alpha value is -2.67. The van der Waals surface area contributed by atoms with E-state index in [0.29, 0.717) is 16.9 Å². The highest BCUT2D eigenvalue weighted by molar-refractivity contribution is 5.73. The van der Waals surface area contributed by atoms with Crippen molar-refractivity contribution in [2.45, 2.75) is 52.3 Å². The standard InChI is InChI=1S/C21H27N5O2/c1-5-18(25-11-16(12-25)28-15-8-6-14(4)7-9-15)19-23-20-17(21(27)24-19)10-22-26(20)13(2)3/h6-10,13,16,18H,5,11-12H2,1-4H3,(H,23,24,27). The number of H-pyrrole nitrogens is 1. The Balaban J connectivity index is 1.51. The fourth-order valence-electron chi connectivity index (χ4n) is 3.72. The van der Waals surface area contributed by atoms with Crippen LogP contribution in [0, 0.1) is 6.92 Å². The maximum atomic E-state index is 12.5. The quantitative estimate of drug-likeness (QED) is 0.709. The zero-order chi connectivity index (χ0) is 19.8. The van der Waals surface area contributed by atoms with Gasteiger partial charge >= 0.3 is 0 Å². The van der Waals surface area contributed by atoms with Crippen LogP contribution in [0.1, 0.15) is 50.7 Å². The van der Waals surface area contributed by atoms with E-state index in [1.54, 1.807) is 10.9 Å². The number of rotatable bonds is 6. The van der Waals surface area contributed by atoms with E-state index in [0.717, 1.165) is 25.3 Å². The lowest BCUT2D eigenvalue weighted by Crippen LogP contribution is -2.55. The Morgan fingerprint density at radius 3 is 2.61 bits per heavy atom. The maximum absolute atomic E-state index is 12.5. The Bertz CT molecular complexity index is 1020. The van der Waals surface area contributed by atoms with Gasteiger partial charge in [-0.05, 0) is 39.3 Å². The number of ether oxygens (including phenoxy) is 1. The molecule has 1 fully saturated rings. The van der Waals surface area contributed by atoms with Gasteiger partial charge in [0.25, 0.3) is 5.56 Å². The minimum Gasteiger partial charge on any atom is -0.488 e. The molecule has 7 nitrogen and oxygen atoms in total.